The second kappa shape index (κ2) is 5.60. The first-order valence-electron chi connectivity index (χ1n) is 6.04. The molecule has 0 aliphatic carbocycles. The zero-order valence-corrected chi connectivity index (χ0v) is 10.5. The Morgan fingerprint density at radius 3 is 2.58 bits per heavy atom. The third-order valence-electron chi connectivity index (χ3n) is 2.85. The van der Waals surface area contributed by atoms with E-state index in [0.717, 1.165) is 0 Å². The number of rotatable bonds is 3. The van der Waals surface area contributed by atoms with Gasteiger partial charge in [0, 0.05) is 25.1 Å². The minimum absolute atomic E-state index is 0.193. The lowest BCUT2D eigenvalue weighted by atomic mass is 10.1. The molecule has 2 amide bonds. The van der Waals surface area contributed by atoms with Crippen LogP contribution in [-0.4, -0.2) is 24.1 Å². The topological polar surface area (TPSA) is 61.8 Å². The van der Waals surface area contributed by atoms with Gasteiger partial charge in [-0.05, 0) is 31.2 Å². The first-order valence-corrected chi connectivity index (χ1v) is 6.04. The second-order valence-corrected chi connectivity index (χ2v) is 4.12. The molecular weight excluding hydrogens is 249 g/mol. The zero-order valence-electron chi connectivity index (χ0n) is 10.5. The molecule has 1 aliphatic rings. The van der Waals surface area contributed by atoms with Gasteiger partial charge in [-0.2, -0.15) is 5.10 Å². The van der Waals surface area contributed by atoms with E-state index in [2.05, 4.69) is 10.5 Å². The maximum atomic E-state index is 12.9. The lowest BCUT2D eigenvalue weighted by Crippen LogP contribution is -2.40. The number of hydrogen-bond acceptors (Lipinski definition) is 3. The van der Waals surface area contributed by atoms with Crippen LogP contribution in [0.5, 0.6) is 0 Å². The minimum atomic E-state index is -0.352. The van der Waals surface area contributed by atoms with E-state index in [-0.39, 0.29) is 24.1 Å². The number of carbonyl (C=O) groups is 2. The van der Waals surface area contributed by atoms with Crippen LogP contribution in [-0.2, 0) is 9.59 Å². The van der Waals surface area contributed by atoms with Gasteiger partial charge in [0.05, 0.1) is 0 Å². The Bertz CT molecular complexity index is 525. The summed E-state index contributed by atoms with van der Waals surface area (Å²) in [7, 11) is 0. The zero-order chi connectivity index (χ0) is 13.8. The Balaban J connectivity index is 2.20. The van der Waals surface area contributed by atoms with Crippen molar-refractivity contribution < 1.29 is 14.0 Å². The molecule has 0 aromatic heterocycles. The molecule has 1 aromatic carbocycles. The highest BCUT2D eigenvalue weighted by Gasteiger charge is 2.23. The summed E-state index contributed by atoms with van der Waals surface area (Å²) in [5, 5.41) is 3.77. The van der Waals surface area contributed by atoms with E-state index >= 15 is 0 Å². The molecule has 100 valence electrons. The predicted molar refractivity (Wildman–Crippen MR) is 69.2 cm³/mol. The summed E-state index contributed by atoms with van der Waals surface area (Å²) in [4.78, 5) is 24.8. The highest BCUT2D eigenvalue weighted by molar-refractivity contribution is 6.44. The molecule has 0 saturated carbocycles. The summed E-state index contributed by atoms with van der Waals surface area (Å²) < 4.78 is 12.9. The Labute approximate surface area is 110 Å². The molecule has 0 saturated heterocycles. The van der Waals surface area contributed by atoms with Crippen molar-refractivity contribution in [3.63, 3.8) is 0 Å². The first-order chi connectivity index (χ1) is 9.11. The van der Waals surface area contributed by atoms with E-state index in [1.807, 2.05) is 6.92 Å². The van der Waals surface area contributed by atoms with Crippen LogP contribution in [0.1, 0.15) is 19.8 Å². The molecule has 1 N–H and O–H groups in total. The number of hydrazone groups is 1. The SMILES string of the molecule is CCN(C(=O)C1=NNC(=O)CC1)c1ccc(F)cc1. The fraction of sp³-hybridized carbons (Fsp3) is 0.308. The average molecular weight is 263 g/mol. The molecule has 2 rings (SSSR count). The van der Waals surface area contributed by atoms with E-state index < -0.39 is 0 Å². The number of anilines is 1. The maximum absolute atomic E-state index is 12.9. The molecular formula is C13H14FN3O2. The van der Waals surface area contributed by atoms with Crippen LogP contribution in [0.2, 0.25) is 0 Å². The van der Waals surface area contributed by atoms with Crippen LogP contribution in [0.3, 0.4) is 0 Å². The largest absolute Gasteiger partial charge is 0.308 e. The molecule has 1 heterocycles. The van der Waals surface area contributed by atoms with Crippen molar-refractivity contribution in [2.75, 3.05) is 11.4 Å². The van der Waals surface area contributed by atoms with Gasteiger partial charge in [0.2, 0.25) is 5.91 Å². The van der Waals surface area contributed by atoms with Crippen molar-refractivity contribution in [3.8, 4) is 0 Å². The van der Waals surface area contributed by atoms with Gasteiger partial charge in [0.15, 0.2) is 0 Å². The minimum Gasteiger partial charge on any atom is -0.308 e. The van der Waals surface area contributed by atoms with E-state index in [0.29, 0.717) is 24.4 Å². The lowest BCUT2D eigenvalue weighted by Gasteiger charge is -2.22. The Kier molecular flexibility index (Phi) is 3.89. The van der Waals surface area contributed by atoms with Gasteiger partial charge in [0.1, 0.15) is 11.5 Å². The monoisotopic (exact) mass is 263 g/mol. The summed E-state index contributed by atoms with van der Waals surface area (Å²) >= 11 is 0. The molecule has 6 heteroatoms. The Morgan fingerprint density at radius 2 is 2.05 bits per heavy atom. The van der Waals surface area contributed by atoms with Crippen molar-refractivity contribution in [3.05, 3.63) is 30.1 Å². The van der Waals surface area contributed by atoms with Crippen molar-refractivity contribution in [1.82, 2.24) is 5.43 Å². The smallest absolute Gasteiger partial charge is 0.274 e. The number of hydrogen-bond donors (Lipinski definition) is 1. The molecule has 5 nitrogen and oxygen atoms in total. The predicted octanol–water partition coefficient (Wildman–Crippen LogP) is 1.44. The second-order valence-electron chi connectivity index (χ2n) is 4.12. The molecule has 1 aromatic rings. The molecule has 0 bridgehead atoms. The normalized spacial score (nSPS) is 14.6. The van der Waals surface area contributed by atoms with Gasteiger partial charge in [0.25, 0.3) is 5.91 Å². The molecule has 0 fully saturated rings. The van der Waals surface area contributed by atoms with E-state index in [1.54, 1.807) is 12.1 Å². The first kappa shape index (κ1) is 13.2. The molecule has 0 unspecified atom stereocenters. The third-order valence-corrected chi connectivity index (χ3v) is 2.85. The van der Waals surface area contributed by atoms with Crippen molar-refractivity contribution >= 4 is 23.2 Å². The lowest BCUT2D eigenvalue weighted by molar-refractivity contribution is -0.121. The van der Waals surface area contributed by atoms with Gasteiger partial charge < -0.3 is 4.90 Å². The maximum Gasteiger partial charge on any atom is 0.274 e. The quantitative estimate of drug-likeness (QED) is 0.897. The molecule has 0 radical (unpaired) electrons. The van der Waals surface area contributed by atoms with Crippen LogP contribution in [0, 0.1) is 5.82 Å². The highest BCUT2D eigenvalue weighted by atomic mass is 19.1. The van der Waals surface area contributed by atoms with E-state index in [4.69, 9.17) is 0 Å². The highest BCUT2D eigenvalue weighted by Crippen LogP contribution is 2.16. The van der Waals surface area contributed by atoms with Crippen LogP contribution in [0.25, 0.3) is 0 Å². The number of halogens is 1. The van der Waals surface area contributed by atoms with Gasteiger partial charge in [-0.15, -0.1) is 0 Å². The number of amides is 2. The van der Waals surface area contributed by atoms with Crippen LogP contribution >= 0.6 is 0 Å². The number of benzene rings is 1. The summed E-state index contributed by atoms with van der Waals surface area (Å²) in [6.07, 6.45) is 0.577. The van der Waals surface area contributed by atoms with Crippen LogP contribution in [0.15, 0.2) is 29.4 Å². The van der Waals surface area contributed by atoms with Crippen molar-refractivity contribution in [1.29, 1.82) is 0 Å². The van der Waals surface area contributed by atoms with Gasteiger partial charge in [-0.1, -0.05) is 0 Å². The fourth-order valence-electron chi connectivity index (χ4n) is 1.85. The van der Waals surface area contributed by atoms with Crippen LogP contribution in [0.4, 0.5) is 10.1 Å². The van der Waals surface area contributed by atoms with Crippen molar-refractivity contribution in [2.24, 2.45) is 5.10 Å². The Morgan fingerprint density at radius 1 is 1.37 bits per heavy atom. The third kappa shape index (κ3) is 2.96. The molecule has 0 spiro atoms. The molecule has 1 aliphatic heterocycles. The summed E-state index contributed by atoms with van der Waals surface area (Å²) in [6, 6.07) is 5.68. The number of nitrogens with one attached hydrogen (secondary N) is 1. The number of carbonyl (C=O) groups excluding carboxylic acids is 2. The fourth-order valence-corrected chi connectivity index (χ4v) is 1.85. The standard InChI is InChI=1S/C13H14FN3O2/c1-2-17(10-5-3-9(14)4-6-10)13(19)11-7-8-12(18)16-15-11/h3-6H,2,7-8H2,1H3,(H,16,18). The summed E-state index contributed by atoms with van der Waals surface area (Å²) in [5.74, 6) is -0.815. The van der Waals surface area contributed by atoms with E-state index in [1.165, 1.54) is 17.0 Å². The Hall–Kier alpha value is -2.24. The molecule has 0 atom stereocenters. The molecule has 19 heavy (non-hydrogen) atoms. The summed E-state index contributed by atoms with van der Waals surface area (Å²) in [6.45, 7) is 2.26. The summed E-state index contributed by atoms with van der Waals surface area (Å²) in [5.41, 5.74) is 3.21. The van der Waals surface area contributed by atoms with E-state index in [9.17, 15) is 14.0 Å². The van der Waals surface area contributed by atoms with Crippen LogP contribution < -0.4 is 10.3 Å². The van der Waals surface area contributed by atoms with Gasteiger partial charge in [-0.25, -0.2) is 9.82 Å². The van der Waals surface area contributed by atoms with Crippen molar-refractivity contribution in [2.45, 2.75) is 19.8 Å². The average Bonchev–Trinajstić information content (AvgIpc) is 2.42. The van der Waals surface area contributed by atoms with Gasteiger partial charge >= 0.3 is 0 Å². The van der Waals surface area contributed by atoms with Gasteiger partial charge in [-0.3, -0.25) is 9.59 Å². The number of nitrogens with zero attached hydrogens (tertiary/aromatic N) is 2.